The summed E-state index contributed by atoms with van der Waals surface area (Å²) in [6.07, 6.45) is -0.759. The lowest BCUT2D eigenvalue weighted by Gasteiger charge is -2.41. The maximum absolute atomic E-state index is 13.3. The molecular weight excluding hydrogens is 415 g/mol. The summed E-state index contributed by atoms with van der Waals surface area (Å²) in [6.45, 7) is 10.4. The smallest absolute Gasteiger partial charge is 0.410 e. The molecule has 1 aromatic carbocycles. The highest BCUT2D eigenvalue weighted by atomic mass is 35.5. The summed E-state index contributed by atoms with van der Waals surface area (Å²) in [5.74, 6) is -0.144. The molecule has 0 spiro atoms. The van der Waals surface area contributed by atoms with Crippen molar-refractivity contribution in [3.05, 3.63) is 33.3 Å². The van der Waals surface area contributed by atoms with Crippen molar-refractivity contribution in [2.75, 3.05) is 19.6 Å². The van der Waals surface area contributed by atoms with Crippen LogP contribution in [0, 0.1) is 0 Å². The Morgan fingerprint density at radius 1 is 1.17 bits per heavy atom. The van der Waals surface area contributed by atoms with Gasteiger partial charge in [-0.15, -0.1) is 0 Å². The third-order valence-corrected chi connectivity index (χ3v) is 5.69. The third kappa shape index (κ3) is 4.98. The fourth-order valence-corrected chi connectivity index (χ4v) is 4.65. The highest BCUT2D eigenvalue weighted by molar-refractivity contribution is 6.35. The molecule has 0 N–H and O–H groups in total. The fraction of sp³-hybridized carbons (Fsp3) is 0.619. The molecule has 0 unspecified atom stereocenters. The minimum atomic E-state index is -0.735. The number of halogens is 2. The van der Waals surface area contributed by atoms with E-state index in [1.54, 1.807) is 15.9 Å². The summed E-state index contributed by atoms with van der Waals surface area (Å²) in [7, 11) is 0. The zero-order valence-corrected chi connectivity index (χ0v) is 19.0. The molecule has 8 heteroatoms. The fourth-order valence-electron chi connectivity index (χ4n) is 3.95. The summed E-state index contributed by atoms with van der Waals surface area (Å²) >= 11 is 12.5. The molecule has 1 fully saturated rings. The van der Waals surface area contributed by atoms with E-state index in [9.17, 15) is 9.59 Å². The topological polar surface area (TPSA) is 59.1 Å². The lowest BCUT2D eigenvalue weighted by atomic mass is 9.93. The van der Waals surface area contributed by atoms with E-state index in [-0.39, 0.29) is 24.6 Å². The van der Waals surface area contributed by atoms with E-state index in [1.807, 2.05) is 40.7 Å². The van der Waals surface area contributed by atoms with Gasteiger partial charge in [-0.3, -0.25) is 4.79 Å². The van der Waals surface area contributed by atoms with Crippen LogP contribution in [-0.2, 0) is 20.7 Å². The van der Waals surface area contributed by atoms with Gasteiger partial charge in [0.05, 0.1) is 25.2 Å². The second-order valence-electron chi connectivity index (χ2n) is 8.74. The van der Waals surface area contributed by atoms with Crippen molar-refractivity contribution < 1.29 is 19.1 Å². The Labute approximate surface area is 182 Å². The summed E-state index contributed by atoms with van der Waals surface area (Å²) in [5, 5.41) is 1.16. The average Bonchev–Trinajstić information content (AvgIpc) is 2.58. The van der Waals surface area contributed by atoms with Gasteiger partial charge in [0, 0.05) is 16.6 Å². The van der Waals surface area contributed by atoms with E-state index in [0.717, 1.165) is 11.1 Å². The van der Waals surface area contributed by atoms with Gasteiger partial charge in [0.15, 0.2) is 6.10 Å². The Morgan fingerprint density at radius 2 is 1.86 bits per heavy atom. The first-order chi connectivity index (χ1) is 13.5. The van der Waals surface area contributed by atoms with Crippen molar-refractivity contribution in [1.29, 1.82) is 0 Å². The molecule has 2 heterocycles. The minimum Gasteiger partial charge on any atom is -0.444 e. The van der Waals surface area contributed by atoms with Crippen LogP contribution in [-0.4, -0.2) is 59.2 Å². The number of rotatable bonds is 1. The average molecular weight is 443 g/mol. The van der Waals surface area contributed by atoms with E-state index in [2.05, 4.69) is 0 Å². The Bertz CT molecular complexity index is 809. The van der Waals surface area contributed by atoms with E-state index in [1.165, 1.54) is 0 Å². The highest BCUT2D eigenvalue weighted by Gasteiger charge is 2.39. The van der Waals surface area contributed by atoms with Crippen LogP contribution in [0.25, 0.3) is 0 Å². The van der Waals surface area contributed by atoms with Gasteiger partial charge in [0.25, 0.3) is 5.91 Å². The van der Waals surface area contributed by atoms with Gasteiger partial charge < -0.3 is 19.3 Å². The molecule has 3 rings (SSSR count). The molecular formula is C21H28Cl2N2O4. The van der Waals surface area contributed by atoms with Crippen LogP contribution in [0.15, 0.2) is 12.1 Å². The molecule has 29 heavy (non-hydrogen) atoms. The quantitative estimate of drug-likeness (QED) is 0.643. The second kappa shape index (κ2) is 8.32. The molecule has 0 aromatic heterocycles. The van der Waals surface area contributed by atoms with Crippen molar-refractivity contribution in [2.45, 2.75) is 64.9 Å². The van der Waals surface area contributed by atoms with Gasteiger partial charge in [-0.25, -0.2) is 4.79 Å². The summed E-state index contributed by atoms with van der Waals surface area (Å²) < 4.78 is 11.4. The predicted molar refractivity (Wildman–Crippen MR) is 112 cm³/mol. The molecule has 2 amide bonds. The molecule has 6 nitrogen and oxygen atoms in total. The van der Waals surface area contributed by atoms with Gasteiger partial charge >= 0.3 is 6.09 Å². The normalized spacial score (nSPS) is 24.9. The number of carbonyl (C=O) groups excluding carboxylic acids is 2. The number of carbonyl (C=O) groups is 2. The molecule has 3 atom stereocenters. The molecule has 160 valence electrons. The van der Waals surface area contributed by atoms with Crippen LogP contribution in [0.2, 0.25) is 10.0 Å². The van der Waals surface area contributed by atoms with Gasteiger partial charge in [-0.1, -0.05) is 23.2 Å². The molecule has 0 aliphatic carbocycles. The first-order valence-corrected chi connectivity index (χ1v) is 10.6. The molecule has 0 radical (unpaired) electrons. The number of morpholine rings is 1. The van der Waals surface area contributed by atoms with Crippen LogP contribution >= 0.6 is 23.2 Å². The third-order valence-electron chi connectivity index (χ3n) is 5.16. The van der Waals surface area contributed by atoms with Crippen molar-refractivity contribution in [3.63, 3.8) is 0 Å². The number of hydrogen-bond donors (Lipinski definition) is 0. The first kappa shape index (κ1) is 22.2. The van der Waals surface area contributed by atoms with Crippen LogP contribution in [0.3, 0.4) is 0 Å². The zero-order valence-electron chi connectivity index (χ0n) is 17.5. The van der Waals surface area contributed by atoms with Crippen LogP contribution < -0.4 is 0 Å². The number of nitrogens with zero attached hydrogens (tertiary/aromatic N) is 2. The monoisotopic (exact) mass is 442 g/mol. The maximum atomic E-state index is 13.3. The Hall–Kier alpha value is -1.50. The number of benzene rings is 1. The van der Waals surface area contributed by atoms with Gasteiger partial charge in [0.2, 0.25) is 0 Å². The number of fused-ring (bicyclic) bond motifs is 1. The molecule has 0 saturated carbocycles. The minimum absolute atomic E-state index is 0.144. The molecule has 1 aromatic rings. The van der Waals surface area contributed by atoms with Crippen molar-refractivity contribution in [2.24, 2.45) is 0 Å². The van der Waals surface area contributed by atoms with Gasteiger partial charge in [0.1, 0.15) is 5.60 Å². The lowest BCUT2D eigenvalue weighted by molar-refractivity contribution is -0.157. The first-order valence-electron chi connectivity index (χ1n) is 9.88. The van der Waals surface area contributed by atoms with E-state index in [4.69, 9.17) is 32.7 Å². The highest BCUT2D eigenvalue weighted by Crippen LogP contribution is 2.37. The predicted octanol–water partition coefficient (Wildman–Crippen LogP) is 4.46. The maximum Gasteiger partial charge on any atom is 0.410 e. The Balaban J connectivity index is 1.76. The van der Waals surface area contributed by atoms with Crippen molar-refractivity contribution >= 4 is 35.2 Å². The van der Waals surface area contributed by atoms with E-state index in [0.29, 0.717) is 29.6 Å². The number of ether oxygens (including phenoxy) is 2. The van der Waals surface area contributed by atoms with Crippen LogP contribution in [0.5, 0.6) is 0 Å². The summed E-state index contributed by atoms with van der Waals surface area (Å²) in [6, 6.07) is 3.41. The zero-order chi connectivity index (χ0) is 21.5. The van der Waals surface area contributed by atoms with E-state index < -0.39 is 17.8 Å². The van der Waals surface area contributed by atoms with E-state index >= 15 is 0 Å². The molecule has 2 aliphatic rings. The SMILES string of the molecule is C[C@H]1CN(C(=O)OC(C)(C)C)C[C@H](C(=O)N2CCc3cc(Cl)cc(Cl)c3[C@@H]2C)O1. The van der Waals surface area contributed by atoms with Crippen molar-refractivity contribution in [1.82, 2.24) is 9.80 Å². The molecule has 0 bridgehead atoms. The van der Waals surface area contributed by atoms with Crippen LogP contribution in [0.4, 0.5) is 4.79 Å². The summed E-state index contributed by atoms with van der Waals surface area (Å²) in [5.41, 5.74) is 1.39. The molecule has 2 aliphatic heterocycles. The largest absolute Gasteiger partial charge is 0.444 e. The van der Waals surface area contributed by atoms with Gasteiger partial charge in [-0.2, -0.15) is 0 Å². The Morgan fingerprint density at radius 3 is 2.52 bits per heavy atom. The van der Waals surface area contributed by atoms with Gasteiger partial charge in [-0.05, 0) is 64.3 Å². The van der Waals surface area contributed by atoms with Crippen LogP contribution in [0.1, 0.15) is 51.8 Å². The Kier molecular flexibility index (Phi) is 6.37. The molecule has 1 saturated heterocycles. The number of hydrogen-bond acceptors (Lipinski definition) is 4. The lowest BCUT2D eigenvalue weighted by Crippen LogP contribution is -2.56. The summed E-state index contributed by atoms with van der Waals surface area (Å²) in [4.78, 5) is 29.1. The van der Waals surface area contributed by atoms with Crippen molar-refractivity contribution in [3.8, 4) is 0 Å². The second-order valence-corrected chi connectivity index (χ2v) is 9.58. The standard InChI is InChI=1S/C21H28Cl2N2O4/c1-12-10-24(20(27)29-21(3,4)5)11-17(28-12)19(26)25-7-6-14-8-15(22)9-16(23)18(14)13(25)2/h8-9,12-13,17H,6-7,10-11H2,1-5H3/t12-,13-,17+/m0/s1. The number of amides is 2.